The highest BCUT2D eigenvalue weighted by molar-refractivity contribution is 5.94. The van der Waals surface area contributed by atoms with Gasteiger partial charge in [0, 0.05) is 56.6 Å². The number of hydrogen-bond acceptors (Lipinski definition) is 4. The zero-order valence-corrected chi connectivity index (χ0v) is 18.2. The number of benzene rings is 2. The highest BCUT2D eigenvalue weighted by Gasteiger charge is 2.19. The van der Waals surface area contributed by atoms with E-state index in [9.17, 15) is 14.0 Å². The molecule has 0 bridgehead atoms. The van der Waals surface area contributed by atoms with Gasteiger partial charge in [0.05, 0.1) is 6.42 Å². The summed E-state index contributed by atoms with van der Waals surface area (Å²) in [5.74, 6) is -0.652. The highest BCUT2D eigenvalue weighted by Crippen LogP contribution is 2.18. The van der Waals surface area contributed by atoms with Crippen molar-refractivity contribution >= 4 is 17.5 Å². The van der Waals surface area contributed by atoms with E-state index in [1.165, 1.54) is 12.1 Å². The Balaban J connectivity index is 1.37. The fourth-order valence-electron chi connectivity index (χ4n) is 3.65. The van der Waals surface area contributed by atoms with Crippen LogP contribution in [0, 0.1) is 5.82 Å². The lowest BCUT2D eigenvalue weighted by molar-refractivity contribution is -0.120. The van der Waals surface area contributed by atoms with Crippen molar-refractivity contribution in [1.29, 1.82) is 0 Å². The number of hydrogen-bond donors (Lipinski definition) is 2. The van der Waals surface area contributed by atoms with Crippen molar-refractivity contribution in [3.8, 4) is 0 Å². The molecule has 6 nitrogen and oxygen atoms in total. The van der Waals surface area contributed by atoms with Crippen molar-refractivity contribution in [2.24, 2.45) is 0 Å². The van der Waals surface area contributed by atoms with Crippen molar-refractivity contribution in [3.63, 3.8) is 0 Å². The van der Waals surface area contributed by atoms with E-state index in [4.69, 9.17) is 0 Å². The lowest BCUT2D eigenvalue weighted by Crippen LogP contribution is -2.48. The number of anilines is 1. The second-order valence-corrected chi connectivity index (χ2v) is 8.07. The number of amides is 2. The van der Waals surface area contributed by atoms with Gasteiger partial charge in [-0.05, 0) is 55.8 Å². The minimum absolute atomic E-state index is 0.163. The van der Waals surface area contributed by atoms with Crippen LogP contribution in [0.25, 0.3) is 0 Å². The lowest BCUT2D eigenvalue weighted by Gasteiger charge is -2.38. The molecule has 0 spiro atoms. The van der Waals surface area contributed by atoms with Crippen molar-refractivity contribution < 1.29 is 14.0 Å². The standard InChI is InChI=1S/C24H31FN4O2/c1-18(2)28-13-15-29(16-14-28)22-9-5-20(6-10-22)24(31)27-12-11-26-23(30)17-19-3-7-21(25)8-4-19/h3-10,18H,11-17H2,1-2H3,(H,26,30)(H,27,31). The Morgan fingerprint density at radius 2 is 1.52 bits per heavy atom. The fourth-order valence-corrected chi connectivity index (χ4v) is 3.65. The van der Waals surface area contributed by atoms with E-state index in [0.717, 1.165) is 37.4 Å². The maximum Gasteiger partial charge on any atom is 0.251 e. The summed E-state index contributed by atoms with van der Waals surface area (Å²) in [6.45, 7) is 9.19. The van der Waals surface area contributed by atoms with Gasteiger partial charge in [-0.1, -0.05) is 12.1 Å². The van der Waals surface area contributed by atoms with Gasteiger partial charge in [-0.2, -0.15) is 0 Å². The van der Waals surface area contributed by atoms with Crippen LogP contribution in [0.4, 0.5) is 10.1 Å². The molecule has 2 amide bonds. The maximum absolute atomic E-state index is 12.9. The predicted molar refractivity (Wildman–Crippen MR) is 121 cm³/mol. The summed E-state index contributed by atoms with van der Waals surface area (Å²) in [4.78, 5) is 29.1. The normalized spacial score (nSPS) is 14.5. The van der Waals surface area contributed by atoms with Crippen molar-refractivity contribution in [1.82, 2.24) is 15.5 Å². The topological polar surface area (TPSA) is 64.7 Å². The van der Waals surface area contributed by atoms with E-state index < -0.39 is 0 Å². The molecule has 166 valence electrons. The van der Waals surface area contributed by atoms with Crippen molar-refractivity contribution in [2.75, 3.05) is 44.2 Å². The molecule has 1 fully saturated rings. The third-order valence-electron chi connectivity index (χ3n) is 5.55. The first-order valence-corrected chi connectivity index (χ1v) is 10.8. The van der Waals surface area contributed by atoms with E-state index in [-0.39, 0.29) is 24.1 Å². The molecule has 1 aliphatic rings. The van der Waals surface area contributed by atoms with Crippen LogP contribution in [0.3, 0.4) is 0 Å². The first kappa shape index (κ1) is 22.7. The third kappa shape index (κ3) is 6.79. The molecule has 0 unspecified atom stereocenters. The highest BCUT2D eigenvalue weighted by atomic mass is 19.1. The summed E-state index contributed by atoms with van der Waals surface area (Å²) in [7, 11) is 0. The molecule has 3 rings (SSSR count). The number of piperazine rings is 1. The monoisotopic (exact) mass is 426 g/mol. The molecule has 0 radical (unpaired) electrons. The third-order valence-corrected chi connectivity index (χ3v) is 5.55. The van der Waals surface area contributed by atoms with Crippen LogP contribution < -0.4 is 15.5 Å². The predicted octanol–water partition coefficient (Wildman–Crippen LogP) is 2.44. The van der Waals surface area contributed by atoms with Crippen LogP contribution in [0.15, 0.2) is 48.5 Å². The Hall–Kier alpha value is -2.93. The Morgan fingerprint density at radius 1 is 0.903 bits per heavy atom. The van der Waals surface area contributed by atoms with Gasteiger partial charge in [0.25, 0.3) is 5.91 Å². The fraction of sp³-hybridized carbons (Fsp3) is 0.417. The number of carbonyl (C=O) groups is 2. The molecule has 1 heterocycles. The van der Waals surface area contributed by atoms with Gasteiger partial charge in [-0.3, -0.25) is 14.5 Å². The molecule has 7 heteroatoms. The summed E-state index contributed by atoms with van der Waals surface area (Å²) in [5.41, 5.74) is 2.48. The van der Waals surface area contributed by atoms with Gasteiger partial charge in [-0.15, -0.1) is 0 Å². The lowest BCUT2D eigenvalue weighted by atomic mass is 10.1. The Labute approximate surface area is 183 Å². The van der Waals surface area contributed by atoms with Gasteiger partial charge in [0.2, 0.25) is 5.91 Å². The molecular formula is C24H31FN4O2. The molecule has 0 aliphatic carbocycles. The second kappa shape index (κ2) is 10.9. The van der Waals surface area contributed by atoms with Gasteiger partial charge in [0.1, 0.15) is 5.82 Å². The number of carbonyl (C=O) groups excluding carboxylic acids is 2. The number of nitrogens with one attached hydrogen (secondary N) is 2. The zero-order valence-electron chi connectivity index (χ0n) is 18.2. The molecule has 2 N–H and O–H groups in total. The minimum atomic E-state index is -0.325. The molecule has 31 heavy (non-hydrogen) atoms. The summed E-state index contributed by atoms with van der Waals surface area (Å²) >= 11 is 0. The molecular weight excluding hydrogens is 395 g/mol. The maximum atomic E-state index is 12.9. The molecule has 2 aromatic carbocycles. The molecule has 0 saturated carbocycles. The van der Waals surface area contributed by atoms with E-state index in [2.05, 4.69) is 34.3 Å². The molecule has 1 saturated heterocycles. The van der Waals surface area contributed by atoms with Crippen LogP contribution in [-0.4, -0.2) is 62.0 Å². The van der Waals surface area contributed by atoms with E-state index in [0.29, 0.717) is 24.7 Å². The molecule has 1 aliphatic heterocycles. The molecule has 0 aromatic heterocycles. The summed E-state index contributed by atoms with van der Waals surface area (Å²) in [6, 6.07) is 14.1. The Kier molecular flexibility index (Phi) is 8.00. The van der Waals surface area contributed by atoms with Gasteiger partial charge in [0.15, 0.2) is 0 Å². The summed E-state index contributed by atoms with van der Waals surface area (Å²) in [5, 5.41) is 5.58. The van der Waals surface area contributed by atoms with Crippen LogP contribution in [0.1, 0.15) is 29.8 Å². The Morgan fingerprint density at radius 3 is 2.13 bits per heavy atom. The SMILES string of the molecule is CC(C)N1CCN(c2ccc(C(=O)NCCNC(=O)Cc3ccc(F)cc3)cc2)CC1. The van der Waals surface area contributed by atoms with Gasteiger partial charge >= 0.3 is 0 Å². The average molecular weight is 427 g/mol. The largest absolute Gasteiger partial charge is 0.369 e. The van der Waals surface area contributed by atoms with Crippen molar-refractivity contribution in [3.05, 3.63) is 65.5 Å². The van der Waals surface area contributed by atoms with E-state index >= 15 is 0 Å². The first-order valence-electron chi connectivity index (χ1n) is 10.8. The summed E-state index contributed by atoms with van der Waals surface area (Å²) in [6.07, 6.45) is 0.182. The zero-order chi connectivity index (χ0) is 22.2. The first-order chi connectivity index (χ1) is 14.9. The average Bonchev–Trinajstić information content (AvgIpc) is 2.78. The van der Waals surface area contributed by atoms with Crippen LogP contribution in [0.2, 0.25) is 0 Å². The van der Waals surface area contributed by atoms with Gasteiger partial charge in [-0.25, -0.2) is 4.39 Å². The number of halogens is 1. The van der Waals surface area contributed by atoms with E-state index in [1.807, 2.05) is 24.3 Å². The van der Waals surface area contributed by atoms with Gasteiger partial charge < -0.3 is 15.5 Å². The minimum Gasteiger partial charge on any atom is -0.369 e. The van der Waals surface area contributed by atoms with Crippen LogP contribution >= 0.6 is 0 Å². The number of rotatable bonds is 8. The van der Waals surface area contributed by atoms with Crippen LogP contribution in [0.5, 0.6) is 0 Å². The van der Waals surface area contributed by atoms with Crippen LogP contribution in [-0.2, 0) is 11.2 Å². The molecule has 0 atom stereocenters. The molecule has 2 aromatic rings. The smallest absolute Gasteiger partial charge is 0.251 e. The van der Waals surface area contributed by atoms with Crippen molar-refractivity contribution in [2.45, 2.75) is 26.3 Å². The number of nitrogens with zero attached hydrogens (tertiary/aromatic N) is 2. The summed E-state index contributed by atoms with van der Waals surface area (Å²) < 4.78 is 12.9. The Bertz CT molecular complexity index is 860. The van der Waals surface area contributed by atoms with E-state index in [1.54, 1.807) is 12.1 Å². The quantitative estimate of drug-likeness (QED) is 0.637. The second-order valence-electron chi connectivity index (χ2n) is 8.07.